The lowest BCUT2D eigenvalue weighted by Gasteiger charge is -2.14. The van der Waals surface area contributed by atoms with E-state index in [-0.39, 0.29) is 5.56 Å². The van der Waals surface area contributed by atoms with Crippen LogP contribution in [0.15, 0.2) is 27.1 Å². The van der Waals surface area contributed by atoms with Crippen LogP contribution in [-0.4, -0.2) is 6.18 Å². The summed E-state index contributed by atoms with van der Waals surface area (Å²) in [5.74, 6) is 0. The molecule has 0 amide bonds. The Hall–Kier alpha value is 0.450. The molecule has 0 aliphatic rings. The number of rotatable bonds is 1. The second kappa shape index (κ2) is 4.53. The van der Waals surface area contributed by atoms with Gasteiger partial charge in [-0.2, -0.15) is 13.2 Å². The van der Waals surface area contributed by atoms with Crippen LogP contribution in [0.4, 0.5) is 13.2 Å². The molecule has 0 fully saturated rings. The number of halogens is 6. The summed E-state index contributed by atoms with van der Waals surface area (Å²) >= 11 is 8.94. The molecule has 0 heterocycles. The van der Waals surface area contributed by atoms with Crippen molar-refractivity contribution in [1.82, 2.24) is 0 Å². The highest BCUT2D eigenvalue weighted by atomic mass is 79.9. The van der Waals surface area contributed by atoms with Gasteiger partial charge < -0.3 is 0 Å². The molecule has 0 saturated heterocycles. The standard InChI is InChI=1S/C8H4Br3F3/c9-5-2-1-4(3-6(5)10)7(11)8(12,13)14/h1-3,7H/t7-/m1/s1. The molecular weight excluding hydrogens is 393 g/mol. The van der Waals surface area contributed by atoms with E-state index in [4.69, 9.17) is 0 Å². The smallest absolute Gasteiger partial charge is 0.169 e. The fourth-order valence-electron chi connectivity index (χ4n) is 0.859. The molecule has 0 aromatic heterocycles. The molecule has 78 valence electrons. The van der Waals surface area contributed by atoms with Crippen LogP contribution >= 0.6 is 47.8 Å². The predicted octanol–water partition coefficient (Wildman–Crippen LogP) is 5.21. The Labute approximate surface area is 104 Å². The first-order valence-corrected chi connectivity index (χ1v) is 5.98. The molecule has 0 aliphatic carbocycles. The summed E-state index contributed by atoms with van der Waals surface area (Å²) < 4.78 is 38.2. The summed E-state index contributed by atoms with van der Waals surface area (Å²) in [6, 6.07) is 4.41. The third kappa shape index (κ3) is 2.97. The van der Waals surface area contributed by atoms with E-state index in [0.717, 1.165) is 4.47 Å². The molecule has 1 rings (SSSR count). The van der Waals surface area contributed by atoms with Gasteiger partial charge in [0, 0.05) is 8.95 Å². The number of alkyl halides is 4. The van der Waals surface area contributed by atoms with Crippen molar-refractivity contribution in [2.45, 2.75) is 11.0 Å². The third-order valence-corrected chi connectivity index (χ3v) is 4.45. The third-order valence-electron chi connectivity index (χ3n) is 1.52. The number of benzene rings is 1. The number of hydrogen-bond donors (Lipinski definition) is 0. The summed E-state index contributed by atoms with van der Waals surface area (Å²) in [4.78, 5) is -1.63. The van der Waals surface area contributed by atoms with Gasteiger partial charge >= 0.3 is 6.18 Å². The van der Waals surface area contributed by atoms with Crippen LogP contribution in [0.5, 0.6) is 0 Å². The van der Waals surface area contributed by atoms with E-state index in [1.807, 2.05) is 0 Å². The topological polar surface area (TPSA) is 0 Å². The molecule has 1 aromatic rings. The fraction of sp³-hybridized carbons (Fsp3) is 0.250. The maximum atomic E-state index is 12.3. The van der Waals surface area contributed by atoms with Crippen molar-refractivity contribution in [3.63, 3.8) is 0 Å². The molecule has 0 saturated carbocycles. The van der Waals surface area contributed by atoms with Crippen molar-refractivity contribution in [2.24, 2.45) is 0 Å². The van der Waals surface area contributed by atoms with Crippen molar-refractivity contribution >= 4 is 47.8 Å². The van der Waals surface area contributed by atoms with Crippen LogP contribution in [0.25, 0.3) is 0 Å². The highest BCUT2D eigenvalue weighted by molar-refractivity contribution is 9.13. The van der Waals surface area contributed by atoms with Crippen molar-refractivity contribution in [1.29, 1.82) is 0 Å². The first-order valence-electron chi connectivity index (χ1n) is 3.48. The predicted molar refractivity (Wildman–Crippen MR) is 59.6 cm³/mol. The second-order valence-corrected chi connectivity index (χ2v) is 5.20. The van der Waals surface area contributed by atoms with Crippen molar-refractivity contribution in [3.05, 3.63) is 32.7 Å². The summed E-state index contributed by atoms with van der Waals surface area (Å²) in [7, 11) is 0. The van der Waals surface area contributed by atoms with Gasteiger partial charge in [-0.15, -0.1) is 0 Å². The lowest BCUT2D eigenvalue weighted by Crippen LogP contribution is -2.15. The average molecular weight is 397 g/mol. The van der Waals surface area contributed by atoms with Crippen LogP contribution < -0.4 is 0 Å². The lowest BCUT2D eigenvalue weighted by atomic mass is 10.1. The highest BCUT2D eigenvalue weighted by Gasteiger charge is 2.38. The summed E-state index contributed by atoms with van der Waals surface area (Å²) in [5.41, 5.74) is 0.174. The molecule has 0 radical (unpaired) electrons. The first-order chi connectivity index (χ1) is 6.32. The zero-order chi connectivity index (χ0) is 10.9. The normalized spacial score (nSPS) is 14.1. The molecule has 0 bridgehead atoms. The molecule has 0 nitrogen and oxygen atoms in total. The van der Waals surface area contributed by atoms with Gasteiger partial charge in [-0.1, -0.05) is 22.0 Å². The summed E-state index contributed by atoms with van der Waals surface area (Å²) in [5, 5.41) is 0. The second-order valence-electron chi connectivity index (χ2n) is 2.58. The van der Waals surface area contributed by atoms with Crippen molar-refractivity contribution < 1.29 is 13.2 Å². The van der Waals surface area contributed by atoms with E-state index in [1.54, 1.807) is 6.07 Å². The Balaban J connectivity index is 3.03. The van der Waals surface area contributed by atoms with E-state index in [2.05, 4.69) is 47.8 Å². The minimum Gasteiger partial charge on any atom is -0.169 e. The van der Waals surface area contributed by atoms with Crippen LogP contribution in [0, 0.1) is 0 Å². The van der Waals surface area contributed by atoms with E-state index >= 15 is 0 Å². The maximum absolute atomic E-state index is 12.3. The average Bonchev–Trinajstić information content (AvgIpc) is 2.07. The monoisotopic (exact) mass is 394 g/mol. The molecule has 6 heteroatoms. The number of hydrogen-bond acceptors (Lipinski definition) is 0. The fourth-order valence-corrected chi connectivity index (χ4v) is 1.79. The molecular formula is C8H4Br3F3. The van der Waals surface area contributed by atoms with Gasteiger partial charge in [0.25, 0.3) is 0 Å². The minimum absolute atomic E-state index is 0.174. The Morgan fingerprint density at radius 3 is 2.07 bits per heavy atom. The van der Waals surface area contributed by atoms with Gasteiger partial charge in [0.2, 0.25) is 0 Å². The highest BCUT2D eigenvalue weighted by Crippen LogP contribution is 2.41. The van der Waals surface area contributed by atoms with Gasteiger partial charge in [0.05, 0.1) is 0 Å². The van der Waals surface area contributed by atoms with Crippen LogP contribution in [0.1, 0.15) is 10.4 Å². The quantitative estimate of drug-likeness (QED) is 0.572. The van der Waals surface area contributed by atoms with Gasteiger partial charge in [-0.25, -0.2) is 0 Å². The Kier molecular flexibility index (Phi) is 4.05. The van der Waals surface area contributed by atoms with Crippen molar-refractivity contribution in [3.8, 4) is 0 Å². The summed E-state index contributed by atoms with van der Waals surface area (Å²) in [6.45, 7) is 0. The van der Waals surface area contributed by atoms with Gasteiger partial charge in [-0.05, 0) is 49.6 Å². The zero-order valence-corrected chi connectivity index (χ0v) is 11.3. The molecule has 0 N–H and O–H groups in total. The molecule has 1 aromatic carbocycles. The Morgan fingerprint density at radius 2 is 1.64 bits per heavy atom. The molecule has 1 atom stereocenters. The van der Waals surface area contributed by atoms with Crippen LogP contribution in [0.3, 0.4) is 0 Å². The van der Waals surface area contributed by atoms with E-state index in [1.165, 1.54) is 12.1 Å². The Bertz CT molecular complexity index is 335. The van der Waals surface area contributed by atoms with Gasteiger partial charge in [0.1, 0.15) is 4.83 Å². The lowest BCUT2D eigenvalue weighted by molar-refractivity contribution is -0.128. The Morgan fingerprint density at radius 1 is 1.07 bits per heavy atom. The molecule has 14 heavy (non-hydrogen) atoms. The SMILES string of the molecule is FC(F)(F)[C@H](Br)c1ccc(Br)c(Br)c1. The van der Waals surface area contributed by atoms with Crippen LogP contribution in [0.2, 0.25) is 0 Å². The molecule has 0 unspecified atom stereocenters. The maximum Gasteiger partial charge on any atom is 0.405 e. The van der Waals surface area contributed by atoms with E-state index < -0.39 is 11.0 Å². The summed E-state index contributed by atoms with van der Waals surface area (Å²) in [6.07, 6.45) is -4.27. The van der Waals surface area contributed by atoms with E-state index in [0.29, 0.717) is 4.47 Å². The zero-order valence-electron chi connectivity index (χ0n) is 6.58. The van der Waals surface area contributed by atoms with Gasteiger partial charge in [-0.3, -0.25) is 0 Å². The van der Waals surface area contributed by atoms with Crippen molar-refractivity contribution in [2.75, 3.05) is 0 Å². The minimum atomic E-state index is -4.27. The van der Waals surface area contributed by atoms with Crippen LogP contribution in [-0.2, 0) is 0 Å². The van der Waals surface area contributed by atoms with E-state index in [9.17, 15) is 13.2 Å². The van der Waals surface area contributed by atoms with Gasteiger partial charge in [0.15, 0.2) is 0 Å². The largest absolute Gasteiger partial charge is 0.405 e. The first kappa shape index (κ1) is 12.5. The molecule has 0 spiro atoms. The molecule has 0 aliphatic heterocycles.